The number of halogens is 1. The minimum atomic E-state index is -2.05. The molecule has 0 aliphatic rings. The summed E-state index contributed by atoms with van der Waals surface area (Å²) in [6, 6.07) is 4.19. The van der Waals surface area contributed by atoms with E-state index in [1.54, 1.807) is 0 Å². The lowest BCUT2D eigenvalue weighted by atomic mass is 9.61. The molecule has 1 N–H and O–H groups in total. The van der Waals surface area contributed by atoms with Gasteiger partial charge in [-0.25, -0.2) is 15.0 Å². The van der Waals surface area contributed by atoms with Crippen LogP contribution in [0.25, 0.3) is 5.82 Å². The molecular weight excluding hydrogens is 361 g/mol. The number of aromatic hydroxyl groups is 1. The van der Waals surface area contributed by atoms with E-state index in [-0.39, 0.29) is 34.4 Å². The van der Waals surface area contributed by atoms with Crippen molar-refractivity contribution in [3.8, 4) is 17.3 Å². The maximum absolute atomic E-state index is 14.5. The Kier molecular flexibility index (Phi) is 5.22. The first-order chi connectivity index (χ1) is 13.3. The van der Waals surface area contributed by atoms with Gasteiger partial charge in [-0.15, -0.1) is 0 Å². The van der Waals surface area contributed by atoms with Crippen LogP contribution in [-0.4, -0.2) is 46.6 Å². The summed E-state index contributed by atoms with van der Waals surface area (Å²) >= 11 is 0. The number of aromatic nitrogens is 4. The number of carbonyl (C=O) groups is 1. The molecule has 0 bridgehead atoms. The van der Waals surface area contributed by atoms with Crippen LogP contribution in [-0.2, 0) is 5.40 Å². The summed E-state index contributed by atoms with van der Waals surface area (Å²) in [5, 5.41) is 7.77. The van der Waals surface area contributed by atoms with Crippen LogP contribution in [0.5, 0.6) is 11.5 Å². The fourth-order valence-electron chi connectivity index (χ4n) is 2.72. The number of hydrogen-bond donors (Lipinski definition) is 1. The molecule has 0 amide bonds. The van der Waals surface area contributed by atoms with Crippen LogP contribution < -0.4 is 4.74 Å². The van der Waals surface area contributed by atoms with Gasteiger partial charge in [-0.3, -0.25) is 9.36 Å². The molecule has 0 atom stereocenters. The van der Waals surface area contributed by atoms with Crippen LogP contribution >= 0.6 is 0 Å². The Morgan fingerprint density at radius 3 is 2.71 bits per heavy atom. The van der Waals surface area contributed by atoms with Gasteiger partial charge in [0.25, 0.3) is 0 Å². The molecule has 7 nitrogen and oxygen atoms in total. The molecule has 0 aliphatic carbocycles. The van der Waals surface area contributed by atoms with Gasteiger partial charge in [0.2, 0.25) is 5.95 Å². The van der Waals surface area contributed by atoms with Gasteiger partial charge in [0.1, 0.15) is 45.2 Å². The minimum absolute atomic E-state index is 0.0477. The molecular formula is C18H15B2FN4O3. The van der Waals surface area contributed by atoms with Crippen molar-refractivity contribution in [3.05, 3.63) is 59.8 Å². The summed E-state index contributed by atoms with van der Waals surface area (Å²) in [4.78, 5) is 23.4. The molecule has 0 unspecified atom stereocenters. The minimum Gasteiger partial charge on any atom is -0.507 e. The number of rotatable bonds is 6. The van der Waals surface area contributed by atoms with Crippen LogP contribution in [0.1, 0.15) is 41.5 Å². The van der Waals surface area contributed by atoms with Gasteiger partial charge in [-0.05, 0) is 12.1 Å². The van der Waals surface area contributed by atoms with Gasteiger partial charge in [-0.1, -0.05) is 19.9 Å². The van der Waals surface area contributed by atoms with E-state index in [0.29, 0.717) is 12.1 Å². The SMILES string of the molecule is [B]C([B])(Oc1cccc(O)c1C=O)c1cncnc1-n1c(F)cnc1C(C)C. The first-order valence-electron chi connectivity index (χ1n) is 8.34. The Bertz CT molecular complexity index is 1020. The van der Waals surface area contributed by atoms with E-state index in [2.05, 4.69) is 15.0 Å². The molecule has 4 radical (unpaired) electrons. The second kappa shape index (κ2) is 7.46. The first-order valence-corrected chi connectivity index (χ1v) is 8.34. The summed E-state index contributed by atoms with van der Waals surface area (Å²) in [7, 11) is 12.3. The summed E-state index contributed by atoms with van der Waals surface area (Å²) in [6.45, 7) is 3.69. The Labute approximate surface area is 163 Å². The van der Waals surface area contributed by atoms with E-state index < -0.39 is 11.3 Å². The first kappa shape index (κ1) is 19.6. The highest BCUT2D eigenvalue weighted by atomic mass is 19.1. The Morgan fingerprint density at radius 2 is 2.04 bits per heavy atom. The lowest BCUT2D eigenvalue weighted by Gasteiger charge is -2.30. The third kappa shape index (κ3) is 3.49. The number of imidazole rings is 1. The number of phenols is 1. The largest absolute Gasteiger partial charge is 0.507 e. The van der Waals surface area contributed by atoms with Crippen LogP contribution in [0.2, 0.25) is 0 Å². The standard InChI is InChI=1S/C18H15B2FN4O3/c1-10(2)16-23-7-15(21)25(16)17-12(6-22-9-24-17)18(19,20)28-14-5-3-4-13(27)11(14)8-26/h3-10,27H,1-2H3. The second-order valence-electron chi connectivity index (χ2n) is 6.39. The highest BCUT2D eigenvalue weighted by molar-refractivity contribution is 6.39. The molecule has 0 spiro atoms. The number of phenolic OH excluding ortho intramolecular Hbond substituents is 1. The quantitative estimate of drug-likeness (QED) is 0.523. The molecule has 0 fully saturated rings. The monoisotopic (exact) mass is 376 g/mol. The number of ether oxygens (including phenoxy) is 1. The van der Waals surface area contributed by atoms with Crippen molar-refractivity contribution in [2.75, 3.05) is 0 Å². The van der Waals surface area contributed by atoms with Crippen molar-refractivity contribution in [1.29, 1.82) is 0 Å². The van der Waals surface area contributed by atoms with Gasteiger partial charge in [-0.2, -0.15) is 4.39 Å². The molecule has 10 heteroatoms. The van der Waals surface area contributed by atoms with Gasteiger partial charge >= 0.3 is 0 Å². The number of aldehydes is 1. The van der Waals surface area contributed by atoms with Crippen LogP contribution in [0, 0.1) is 5.95 Å². The topological polar surface area (TPSA) is 90.1 Å². The molecule has 28 heavy (non-hydrogen) atoms. The third-order valence-electron chi connectivity index (χ3n) is 4.03. The molecule has 138 valence electrons. The zero-order chi connectivity index (χ0) is 20.5. The van der Waals surface area contributed by atoms with E-state index in [9.17, 15) is 14.3 Å². The average molecular weight is 376 g/mol. The van der Waals surface area contributed by atoms with Crippen molar-refractivity contribution < 1.29 is 19.0 Å². The molecule has 3 aromatic rings. The van der Waals surface area contributed by atoms with Crippen molar-refractivity contribution in [3.63, 3.8) is 0 Å². The lowest BCUT2D eigenvalue weighted by molar-refractivity contribution is 0.111. The van der Waals surface area contributed by atoms with E-state index in [4.69, 9.17) is 20.4 Å². The van der Waals surface area contributed by atoms with Gasteiger partial charge < -0.3 is 9.84 Å². The smallest absolute Gasteiger partial charge is 0.219 e. The molecule has 2 heterocycles. The van der Waals surface area contributed by atoms with Crippen LogP contribution in [0.4, 0.5) is 4.39 Å². The van der Waals surface area contributed by atoms with Crippen LogP contribution in [0.3, 0.4) is 0 Å². The molecule has 0 saturated heterocycles. The van der Waals surface area contributed by atoms with Crippen molar-refractivity contribution in [1.82, 2.24) is 19.5 Å². The van der Waals surface area contributed by atoms with Gasteiger partial charge in [0, 0.05) is 17.7 Å². The summed E-state index contributed by atoms with van der Waals surface area (Å²) in [5.74, 6) is -0.678. The molecule has 3 rings (SSSR count). The fraction of sp³-hybridized carbons (Fsp3) is 0.222. The highest BCUT2D eigenvalue weighted by Crippen LogP contribution is 2.32. The van der Waals surface area contributed by atoms with Crippen LogP contribution in [0.15, 0.2) is 36.9 Å². The van der Waals surface area contributed by atoms with Crippen molar-refractivity contribution in [2.24, 2.45) is 0 Å². The van der Waals surface area contributed by atoms with Gasteiger partial charge in [0.05, 0.1) is 17.2 Å². The maximum atomic E-state index is 14.5. The predicted octanol–water partition coefficient (Wildman–Crippen LogP) is 1.97. The van der Waals surface area contributed by atoms with Gasteiger partial charge in [0.15, 0.2) is 6.29 Å². The summed E-state index contributed by atoms with van der Waals surface area (Å²) < 4.78 is 21.2. The molecule has 2 aromatic heterocycles. The van der Waals surface area contributed by atoms with Crippen molar-refractivity contribution in [2.45, 2.75) is 25.2 Å². The maximum Gasteiger partial charge on any atom is 0.219 e. The van der Waals surface area contributed by atoms with E-state index >= 15 is 0 Å². The third-order valence-corrected chi connectivity index (χ3v) is 4.03. The van der Waals surface area contributed by atoms with E-state index in [1.807, 2.05) is 13.8 Å². The number of carbonyl (C=O) groups excluding carboxylic acids is 1. The predicted molar refractivity (Wildman–Crippen MR) is 101 cm³/mol. The summed E-state index contributed by atoms with van der Waals surface area (Å²) in [6.07, 6.45) is 3.98. The van der Waals surface area contributed by atoms with Crippen molar-refractivity contribution >= 4 is 22.0 Å². The molecule has 1 aromatic carbocycles. The Balaban J connectivity index is 2.12. The highest BCUT2D eigenvalue weighted by Gasteiger charge is 2.30. The lowest BCUT2D eigenvalue weighted by Crippen LogP contribution is -2.36. The molecule has 0 saturated carbocycles. The Morgan fingerprint density at radius 1 is 1.29 bits per heavy atom. The Hall–Kier alpha value is -3.16. The number of hydrogen-bond acceptors (Lipinski definition) is 6. The number of nitrogens with zero attached hydrogens (tertiary/aromatic N) is 4. The fourth-order valence-corrected chi connectivity index (χ4v) is 2.72. The zero-order valence-corrected chi connectivity index (χ0v) is 15.2. The average Bonchev–Trinajstić information content (AvgIpc) is 3.03. The normalized spacial score (nSPS) is 11.6. The van der Waals surface area contributed by atoms with E-state index in [1.165, 1.54) is 35.3 Å². The summed E-state index contributed by atoms with van der Waals surface area (Å²) in [5.41, 5.74) is -0.0770. The number of benzene rings is 1. The zero-order valence-electron chi connectivity index (χ0n) is 15.2. The second-order valence-corrected chi connectivity index (χ2v) is 6.39. The molecule has 0 aliphatic heterocycles. The van der Waals surface area contributed by atoms with E-state index in [0.717, 1.165) is 6.20 Å².